The quantitative estimate of drug-likeness (QED) is 0.654. The zero-order valence-electron chi connectivity index (χ0n) is 11.3. The lowest BCUT2D eigenvalue weighted by atomic mass is 10.2. The van der Waals surface area contributed by atoms with Crippen LogP contribution in [-0.2, 0) is 13.0 Å². The first-order chi connectivity index (χ1) is 9.92. The second-order valence-corrected chi connectivity index (χ2v) is 5.49. The van der Waals surface area contributed by atoms with Gasteiger partial charge in [-0.1, -0.05) is 17.3 Å². The van der Waals surface area contributed by atoms with Gasteiger partial charge in [-0.05, 0) is 36.4 Å². The SMILES string of the molecule is Cc1noc(CCNCc2ccc(SC(F)(F)F)cc2)n1. The first-order valence-corrected chi connectivity index (χ1v) is 7.08. The molecule has 0 saturated carbocycles. The molecule has 0 fully saturated rings. The summed E-state index contributed by atoms with van der Waals surface area (Å²) in [5.74, 6) is 1.17. The van der Waals surface area contributed by atoms with E-state index in [1.165, 1.54) is 12.1 Å². The predicted octanol–water partition coefficient (Wildman–Crippen LogP) is 3.32. The van der Waals surface area contributed by atoms with Crippen LogP contribution < -0.4 is 5.32 Å². The van der Waals surface area contributed by atoms with Crippen LogP contribution >= 0.6 is 11.8 Å². The molecule has 0 amide bonds. The first-order valence-electron chi connectivity index (χ1n) is 6.27. The van der Waals surface area contributed by atoms with Crippen molar-refractivity contribution in [2.45, 2.75) is 30.3 Å². The molecule has 0 aliphatic carbocycles. The molecule has 0 aliphatic heterocycles. The van der Waals surface area contributed by atoms with Gasteiger partial charge >= 0.3 is 5.51 Å². The van der Waals surface area contributed by atoms with E-state index in [0.29, 0.717) is 31.2 Å². The Morgan fingerprint density at radius 3 is 2.52 bits per heavy atom. The summed E-state index contributed by atoms with van der Waals surface area (Å²) in [7, 11) is 0. The minimum absolute atomic E-state index is 0.111. The Morgan fingerprint density at radius 2 is 1.95 bits per heavy atom. The number of nitrogens with zero attached hydrogens (tertiary/aromatic N) is 2. The van der Waals surface area contributed by atoms with Gasteiger partial charge in [0, 0.05) is 24.4 Å². The molecule has 8 heteroatoms. The lowest BCUT2D eigenvalue weighted by Gasteiger charge is -2.07. The average Bonchev–Trinajstić information content (AvgIpc) is 2.81. The molecular weight excluding hydrogens is 303 g/mol. The Kier molecular flexibility index (Phi) is 5.24. The summed E-state index contributed by atoms with van der Waals surface area (Å²) < 4.78 is 41.5. The van der Waals surface area contributed by atoms with E-state index in [4.69, 9.17) is 4.52 Å². The average molecular weight is 317 g/mol. The third kappa shape index (κ3) is 5.76. The van der Waals surface area contributed by atoms with Gasteiger partial charge in [0.2, 0.25) is 5.89 Å². The number of nitrogens with one attached hydrogen (secondary N) is 1. The van der Waals surface area contributed by atoms with Crippen LogP contribution in [0.5, 0.6) is 0 Å². The molecule has 1 aromatic carbocycles. The van der Waals surface area contributed by atoms with Gasteiger partial charge in [-0.3, -0.25) is 0 Å². The minimum atomic E-state index is -4.25. The van der Waals surface area contributed by atoms with Crippen molar-refractivity contribution in [3.63, 3.8) is 0 Å². The Morgan fingerprint density at radius 1 is 1.24 bits per heavy atom. The highest BCUT2D eigenvalue weighted by Gasteiger charge is 2.28. The number of rotatable bonds is 6. The fraction of sp³-hybridized carbons (Fsp3) is 0.385. The number of aromatic nitrogens is 2. The van der Waals surface area contributed by atoms with Crippen molar-refractivity contribution in [1.82, 2.24) is 15.5 Å². The maximum Gasteiger partial charge on any atom is 0.446 e. The van der Waals surface area contributed by atoms with Gasteiger partial charge in [-0.15, -0.1) is 0 Å². The van der Waals surface area contributed by atoms with Crippen molar-refractivity contribution in [3.8, 4) is 0 Å². The summed E-state index contributed by atoms with van der Waals surface area (Å²) >= 11 is -0.111. The van der Waals surface area contributed by atoms with E-state index in [1.807, 2.05) is 0 Å². The van der Waals surface area contributed by atoms with Crippen LogP contribution in [0.2, 0.25) is 0 Å². The molecule has 2 aromatic rings. The molecule has 1 N–H and O–H groups in total. The van der Waals surface area contributed by atoms with Gasteiger partial charge in [0.1, 0.15) is 0 Å². The van der Waals surface area contributed by atoms with Gasteiger partial charge < -0.3 is 9.84 Å². The first kappa shape index (κ1) is 15.8. The van der Waals surface area contributed by atoms with Crippen LogP contribution in [0.25, 0.3) is 0 Å². The number of aryl methyl sites for hydroxylation is 1. The summed E-state index contributed by atoms with van der Waals surface area (Å²) in [6.45, 7) is 2.98. The summed E-state index contributed by atoms with van der Waals surface area (Å²) in [5.41, 5.74) is -3.33. The molecule has 114 valence electrons. The zero-order valence-corrected chi connectivity index (χ0v) is 12.1. The summed E-state index contributed by atoms with van der Waals surface area (Å²) in [6.07, 6.45) is 0.614. The van der Waals surface area contributed by atoms with Gasteiger partial charge in [0.25, 0.3) is 0 Å². The van der Waals surface area contributed by atoms with E-state index < -0.39 is 5.51 Å². The third-order valence-electron chi connectivity index (χ3n) is 2.57. The van der Waals surface area contributed by atoms with Crippen molar-refractivity contribution in [1.29, 1.82) is 0 Å². The van der Waals surface area contributed by atoms with E-state index in [-0.39, 0.29) is 16.7 Å². The lowest BCUT2D eigenvalue weighted by Crippen LogP contribution is -2.16. The molecule has 0 saturated heterocycles. The van der Waals surface area contributed by atoms with Gasteiger partial charge in [-0.25, -0.2) is 0 Å². The molecular formula is C13H14F3N3OS. The van der Waals surface area contributed by atoms with Crippen molar-refractivity contribution < 1.29 is 17.7 Å². The lowest BCUT2D eigenvalue weighted by molar-refractivity contribution is -0.0328. The monoisotopic (exact) mass is 317 g/mol. The van der Waals surface area contributed by atoms with Crippen molar-refractivity contribution in [2.75, 3.05) is 6.54 Å². The second-order valence-electron chi connectivity index (χ2n) is 4.35. The van der Waals surface area contributed by atoms with E-state index in [9.17, 15) is 13.2 Å². The maximum atomic E-state index is 12.2. The highest BCUT2D eigenvalue weighted by Crippen LogP contribution is 2.36. The topological polar surface area (TPSA) is 51.0 Å². The van der Waals surface area contributed by atoms with Crippen LogP contribution in [0, 0.1) is 6.92 Å². The molecule has 4 nitrogen and oxygen atoms in total. The molecule has 0 radical (unpaired) electrons. The number of hydrogen-bond acceptors (Lipinski definition) is 5. The standard InChI is InChI=1S/C13H14F3N3OS/c1-9-18-12(20-19-9)6-7-17-8-10-2-4-11(5-3-10)21-13(14,15)16/h2-5,17H,6-8H2,1H3. The minimum Gasteiger partial charge on any atom is -0.339 e. The molecule has 0 spiro atoms. The molecule has 2 rings (SSSR count). The highest BCUT2D eigenvalue weighted by molar-refractivity contribution is 8.00. The Hall–Kier alpha value is -1.54. The van der Waals surface area contributed by atoms with Crippen molar-refractivity contribution >= 4 is 11.8 Å². The molecule has 1 heterocycles. The van der Waals surface area contributed by atoms with Crippen molar-refractivity contribution in [2.24, 2.45) is 0 Å². The van der Waals surface area contributed by atoms with Gasteiger partial charge in [0.15, 0.2) is 5.82 Å². The number of thioether (sulfide) groups is 1. The van der Waals surface area contributed by atoms with Gasteiger partial charge in [0.05, 0.1) is 0 Å². The van der Waals surface area contributed by atoms with E-state index in [1.54, 1.807) is 19.1 Å². The number of halogens is 3. The highest BCUT2D eigenvalue weighted by atomic mass is 32.2. The van der Waals surface area contributed by atoms with Crippen LogP contribution in [0.1, 0.15) is 17.3 Å². The normalized spacial score (nSPS) is 11.8. The second kappa shape index (κ2) is 6.95. The predicted molar refractivity (Wildman–Crippen MR) is 72.8 cm³/mol. The number of alkyl halides is 3. The van der Waals surface area contributed by atoms with Crippen LogP contribution in [0.15, 0.2) is 33.7 Å². The maximum absolute atomic E-state index is 12.2. The molecule has 0 atom stereocenters. The summed E-state index contributed by atoms with van der Waals surface area (Å²) in [4.78, 5) is 4.26. The largest absolute Gasteiger partial charge is 0.446 e. The van der Waals surface area contributed by atoms with Gasteiger partial charge in [-0.2, -0.15) is 18.2 Å². The molecule has 0 bridgehead atoms. The Bertz CT molecular complexity index is 569. The Labute approximate surface area is 124 Å². The van der Waals surface area contributed by atoms with Crippen LogP contribution in [0.4, 0.5) is 13.2 Å². The summed E-state index contributed by atoms with van der Waals surface area (Å²) in [5, 5.41) is 6.85. The van der Waals surface area contributed by atoms with Crippen LogP contribution in [-0.4, -0.2) is 22.2 Å². The Balaban J connectivity index is 1.73. The molecule has 21 heavy (non-hydrogen) atoms. The third-order valence-corrected chi connectivity index (χ3v) is 3.31. The van der Waals surface area contributed by atoms with Crippen molar-refractivity contribution in [3.05, 3.63) is 41.5 Å². The fourth-order valence-corrected chi connectivity index (χ4v) is 2.22. The summed E-state index contributed by atoms with van der Waals surface area (Å²) in [6, 6.07) is 6.29. The number of hydrogen-bond donors (Lipinski definition) is 1. The zero-order chi connectivity index (χ0) is 15.3. The van der Waals surface area contributed by atoms with E-state index >= 15 is 0 Å². The molecule has 1 aromatic heterocycles. The number of benzene rings is 1. The smallest absolute Gasteiger partial charge is 0.339 e. The molecule has 0 unspecified atom stereocenters. The van der Waals surface area contributed by atoms with E-state index in [2.05, 4.69) is 15.5 Å². The van der Waals surface area contributed by atoms with E-state index in [0.717, 1.165) is 5.56 Å². The van der Waals surface area contributed by atoms with Crippen LogP contribution in [0.3, 0.4) is 0 Å². The molecule has 0 aliphatic rings. The fourth-order valence-electron chi connectivity index (χ4n) is 1.68.